The van der Waals surface area contributed by atoms with Crippen molar-refractivity contribution in [2.75, 3.05) is 19.5 Å². The van der Waals surface area contributed by atoms with Gasteiger partial charge in [-0.2, -0.15) is 0 Å². The summed E-state index contributed by atoms with van der Waals surface area (Å²) >= 11 is 0. The molecule has 0 radical (unpaired) electrons. The van der Waals surface area contributed by atoms with E-state index >= 15 is 0 Å². The van der Waals surface area contributed by atoms with E-state index < -0.39 is 0 Å². The van der Waals surface area contributed by atoms with Gasteiger partial charge in [-0.15, -0.1) is 0 Å². The quantitative estimate of drug-likeness (QED) is 0.468. The van der Waals surface area contributed by atoms with Gasteiger partial charge in [-0.3, -0.25) is 4.79 Å². The molecule has 1 saturated carbocycles. The lowest BCUT2D eigenvalue weighted by atomic mass is 9.95. The van der Waals surface area contributed by atoms with E-state index in [1.165, 1.54) is 6.07 Å². The van der Waals surface area contributed by atoms with Crippen LogP contribution in [-0.4, -0.2) is 32.2 Å². The monoisotopic (exact) mass is 454 g/mol. The maximum absolute atomic E-state index is 14.7. The summed E-state index contributed by atoms with van der Waals surface area (Å²) in [7, 11) is 3.17. The topological polar surface area (TPSA) is 59.6 Å². The van der Waals surface area contributed by atoms with Gasteiger partial charge in [0.1, 0.15) is 17.3 Å². The molecule has 0 saturated heterocycles. The molecular formula is C27H35FN2O3. The molecule has 0 bridgehead atoms. The molecule has 0 unspecified atom stereocenters. The van der Waals surface area contributed by atoms with Crippen LogP contribution in [0.15, 0.2) is 35.9 Å². The molecule has 0 atom stereocenters. The maximum Gasteiger partial charge on any atom is 0.247 e. The van der Waals surface area contributed by atoms with Gasteiger partial charge in [-0.25, -0.2) is 4.39 Å². The van der Waals surface area contributed by atoms with Gasteiger partial charge in [0, 0.05) is 28.8 Å². The number of carbonyl (C=O) groups excluding carboxylic acids is 1. The van der Waals surface area contributed by atoms with Crippen LogP contribution in [0, 0.1) is 5.82 Å². The summed E-state index contributed by atoms with van der Waals surface area (Å²) in [5.41, 5.74) is 4.09. The summed E-state index contributed by atoms with van der Waals surface area (Å²) in [4.78, 5) is 12.8. The summed E-state index contributed by atoms with van der Waals surface area (Å²) in [5.74, 6) is 0.792. The molecule has 1 fully saturated rings. The standard InChI is InChI=1S/C27H35FN2O3/c1-16(2)29-24-12-11-19(13-23(24)28)22-15-25(32-5)21(14-26(22)33-6)17(3)18(4)27(31)30-20-9-7-8-10-20/h11-16,20,29H,7-10H2,1-6H3,(H,30,31). The molecule has 33 heavy (non-hydrogen) atoms. The first-order chi connectivity index (χ1) is 15.7. The molecule has 1 aliphatic carbocycles. The molecule has 1 aliphatic rings. The summed E-state index contributed by atoms with van der Waals surface area (Å²) in [6, 6.07) is 9.15. The number of nitrogens with one attached hydrogen (secondary N) is 2. The SMILES string of the molecule is COc1cc(-c2ccc(NC(C)C)c(F)c2)c(OC)cc1C(C)=C(C)C(=O)NC1CCCC1. The molecule has 5 nitrogen and oxygen atoms in total. The Kier molecular flexibility index (Phi) is 8.01. The molecule has 0 aliphatic heterocycles. The van der Waals surface area contributed by atoms with Gasteiger partial charge in [0.05, 0.1) is 19.9 Å². The van der Waals surface area contributed by atoms with Gasteiger partial charge in [0.25, 0.3) is 0 Å². The van der Waals surface area contributed by atoms with Gasteiger partial charge < -0.3 is 20.1 Å². The normalized spacial score (nSPS) is 14.8. The number of hydrogen-bond acceptors (Lipinski definition) is 4. The second-order valence-electron chi connectivity index (χ2n) is 8.95. The highest BCUT2D eigenvalue weighted by Crippen LogP contribution is 2.40. The van der Waals surface area contributed by atoms with E-state index in [1.807, 2.05) is 45.9 Å². The second-order valence-corrected chi connectivity index (χ2v) is 8.95. The number of halogens is 1. The van der Waals surface area contributed by atoms with E-state index in [1.54, 1.807) is 20.3 Å². The zero-order valence-corrected chi connectivity index (χ0v) is 20.5. The smallest absolute Gasteiger partial charge is 0.247 e. The minimum absolute atomic E-state index is 0.0557. The van der Waals surface area contributed by atoms with E-state index in [-0.39, 0.29) is 23.8 Å². The van der Waals surface area contributed by atoms with Crippen LogP contribution >= 0.6 is 0 Å². The molecule has 3 rings (SSSR count). The Morgan fingerprint density at radius 1 is 1.03 bits per heavy atom. The van der Waals surface area contributed by atoms with Crippen molar-refractivity contribution in [2.45, 2.75) is 65.5 Å². The fourth-order valence-corrected chi connectivity index (χ4v) is 4.26. The number of carbonyl (C=O) groups is 1. The fraction of sp³-hybridized carbons (Fsp3) is 0.444. The van der Waals surface area contributed by atoms with Crippen LogP contribution in [0.4, 0.5) is 10.1 Å². The zero-order valence-electron chi connectivity index (χ0n) is 20.5. The Morgan fingerprint density at radius 3 is 2.27 bits per heavy atom. The maximum atomic E-state index is 14.7. The molecule has 2 N–H and O–H groups in total. The third-order valence-electron chi connectivity index (χ3n) is 6.24. The van der Waals surface area contributed by atoms with Crippen LogP contribution in [0.1, 0.15) is 58.9 Å². The minimum Gasteiger partial charge on any atom is -0.496 e. The number of amides is 1. The minimum atomic E-state index is -0.332. The first-order valence-electron chi connectivity index (χ1n) is 11.6. The van der Waals surface area contributed by atoms with Crippen LogP contribution in [-0.2, 0) is 4.79 Å². The third-order valence-corrected chi connectivity index (χ3v) is 6.24. The van der Waals surface area contributed by atoms with Crippen molar-refractivity contribution in [3.8, 4) is 22.6 Å². The van der Waals surface area contributed by atoms with Gasteiger partial charge in [0.2, 0.25) is 5.91 Å². The zero-order chi connectivity index (χ0) is 24.1. The van der Waals surface area contributed by atoms with Gasteiger partial charge in [-0.1, -0.05) is 18.9 Å². The predicted molar refractivity (Wildman–Crippen MR) is 132 cm³/mol. The van der Waals surface area contributed by atoms with Crippen molar-refractivity contribution in [1.82, 2.24) is 5.32 Å². The molecule has 2 aromatic rings. The number of benzene rings is 2. The lowest BCUT2D eigenvalue weighted by Gasteiger charge is -2.18. The van der Waals surface area contributed by atoms with Crippen LogP contribution in [0.2, 0.25) is 0 Å². The molecule has 2 aromatic carbocycles. The molecule has 1 amide bonds. The Hall–Kier alpha value is -3.02. The lowest BCUT2D eigenvalue weighted by molar-refractivity contribution is -0.118. The Morgan fingerprint density at radius 2 is 1.70 bits per heavy atom. The average Bonchev–Trinajstić information content (AvgIpc) is 3.31. The van der Waals surface area contributed by atoms with E-state index in [2.05, 4.69) is 10.6 Å². The molecule has 0 heterocycles. The highest BCUT2D eigenvalue weighted by molar-refractivity contribution is 6.01. The highest BCUT2D eigenvalue weighted by atomic mass is 19.1. The fourth-order valence-electron chi connectivity index (χ4n) is 4.26. The van der Waals surface area contributed by atoms with Crippen molar-refractivity contribution >= 4 is 17.2 Å². The molecule has 0 spiro atoms. The van der Waals surface area contributed by atoms with Crippen LogP contribution in [0.25, 0.3) is 16.7 Å². The Bertz CT molecular complexity index is 1040. The van der Waals surface area contributed by atoms with Crippen molar-refractivity contribution < 1.29 is 18.7 Å². The lowest BCUT2D eigenvalue weighted by Crippen LogP contribution is -2.33. The third kappa shape index (κ3) is 5.67. The second kappa shape index (κ2) is 10.7. The summed E-state index contributed by atoms with van der Waals surface area (Å²) in [6.07, 6.45) is 4.39. The van der Waals surface area contributed by atoms with Crippen molar-refractivity contribution in [2.24, 2.45) is 0 Å². The summed E-state index contributed by atoms with van der Waals surface area (Å²) < 4.78 is 26.0. The van der Waals surface area contributed by atoms with E-state index in [9.17, 15) is 9.18 Å². The van der Waals surface area contributed by atoms with Crippen LogP contribution in [0.5, 0.6) is 11.5 Å². The highest BCUT2D eigenvalue weighted by Gasteiger charge is 2.21. The molecule has 6 heteroatoms. The van der Waals surface area contributed by atoms with E-state index in [0.717, 1.165) is 36.8 Å². The number of allylic oxidation sites excluding steroid dienone is 1. The van der Waals surface area contributed by atoms with Crippen molar-refractivity contribution in [1.29, 1.82) is 0 Å². The number of methoxy groups -OCH3 is 2. The number of ether oxygens (including phenoxy) is 2. The van der Waals surface area contributed by atoms with Gasteiger partial charge >= 0.3 is 0 Å². The van der Waals surface area contributed by atoms with E-state index in [0.29, 0.717) is 33.9 Å². The predicted octanol–water partition coefficient (Wildman–Crippen LogP) is 6.18. The van der Waals surface area contributed by atoms with Gasteiger partial charge in [-0.05, 0) is 75.9 Å². The molecule has 0 aromatic heterocycles. The Labute approximate surface area is 196 Å². The van der Waals surface area contributed by atoms with Crippen molar-refractivity contribution in [3.05, 3.63) is 47.3 Å². The largest absolute Gasteiger partial charge is 0.496 e. The number of hydrogen-bond donors (Lipinski definition) is 2. The average molecular weight is 455 g/mol. The summed E-state index contributed by atoms with van der Waals surface area (Å²) in [6.45, 7) is 7.67. The molecule has 178 valence electrons. The summed E-state index contributed by atoms with van der Waals surface area (Å²) in [5, 5.41) is 6.24. The van der Waals surface area contributed by atoms with Crippen molar-refractivity contribution in [3.63, 3.8) is 0 Å². The number of anilines is 1. The first-order valence-corrected chi connectivity index (χ1v) is 11.6. The van der Waals surface area contributed by atoms with Crippen LogP contribution < -0.4 is 20.1 Å². The number of rotatable bonds is 8. The molecular weight excluding hydrogens is 419 g/mol. The van der Waals surface area contributed by atoms with Crippen LogP contribution in [0.3, 0.4) is 0 Å². The van der Waals surface area contributed by atoms with Gasteiger partial charge in [0.15, 0.2) is 0 Å². The first kappa shape index (κ1) is 24.6. The Balaban J connectivity index is 1.98. The van der Waals surface area contributed by atoms with E-state index in [4.69, 9.17) is 9.47 Å².